The monoisotopic (exact) mass is 367 g/mol. The van der Waals surface area contributed by atoms with E-state index in [1.165, 1.54) is 24.3 Å². The van der Waals surface area contributed by atoms with Crippen LogP contribution in [0, 0.1) is 0 Å². The smallest absolute Gasteiger partial charge is 0.211 e. The summed E-state index contributed by atoms with van der Waals surface area (Å²) in [5.41, 5.74) is 0. The molecular weight excluding hydrogens is 350 g/mol. The van der Waals surface area contributed by atoms with Crippen molar-refractivity contribution in [1.82, 2.24) is 3.71 Å². The van der Waals surface area contributed by atoms with Gasteiger partial charge in [-0.05, 0) is 35.3 Å². The van der Waals surface area contributed by atoms with E-state index < -0.39 is 20.0 Å². The Morgan fingerprint density at radius 3 is 2.10 bits per heavy atom. The first-order valence-corrected chi connectivity index (χ1v) is 9.88. The summed E-state index contributed by atoms with van der Waals surface area (Å²) >= 11 is 8.18. The van der Waals surface area contributed by atoms with E-state index in [0.717, 1.165) is 7.05 Å². The molecule has 0 fully saturated rings. The molecule has 0 N–H and O–H groups in total. The molecule has 118 valence electrons. The van der Waals surface area contributed by atoms with E-state index in [0.29, 0.717) is 13.5 Å². The lowest BCUT2D eigenvalue weighted by molar-refractivity contribution is 0.525. The van der Waals surface area contributed by atoms with Crippen LogP contribution in [-0.4, -0.2) is 33.3 Å². The first-order chi connectivity index (χ1) is 9.59. The lowest BCUT2D eigenvalue weighted by atomic mass is 10.4. The maximum atomic E-state index is 12.3. The highest BCUT2D eigenvalue weighted by Crippen LogP contribution is 2.21. The second-order valence-electron chi connectivity index (χ2n) is 4.30. The van der Waals surface area contributed by atoms with Gasteiger partial charge in [0.05, 0.1) is 10.6 Å². The second-order valence-corrected chi connectivity index (χ2v) is 9.83. The molecule has 0 aliphatic rings. The zero-order valence-corrected chi connectivity index (χ0v) is 15.0. The minimum absolute atomic E-state index is 0.0666. The Kier molecular flexibility index (Phi) is 6.36. The third-order valence-electron chi connectivity index (χ3n) is 2.79. The molecule has 0 aliphatic carbocycles. The molecule has 0 bridgehead atoms. The molecule has 0 aliphatic heterocycles. The summed E-state index contributed by atoms with van der Waals surface area (Å²) in [6, 6.07) is 7.42. The molecule has 9 heteroatoms. The molecule has 0 saturated carbocycles. The fraction of sp³-hybridized carbons (Fsp3) is 0.333. The molecule has 0 atom stereocenters. The number of sulfonamides is 2. The van der Waals surface area contributed by atoms with Gasteiger partial charge in [0.15, 0.2) is 0 Å². The third-order valence-corrected chi connectivity index (χ3v) is 8.11. The van der Waals surface area contributed by atoms with Crippen LogP contribution in [0.15, 0.2) is 45.0 Å². The number of hydrogen-bond donors (Lipinski definition) is 2. The lowest BCUT2D eigenvalue weighted by Crippen LogP contribution is -2.35. The molecule has 1 aromatic carbocycles. The SMILES string of the molecule is C/C(S)=C(/S)CCS(=O)(=O)N(C)S(=O)(=O)c1ccccc1. The first kappa shape index (κ1) is 18.6. The van der Waals surface area contributed by atoms with Gasteiger partial charge in [-0.25, -0.2) is 16.8 Å². The van der Waals surface area contributed by atoms with Crippen molar-refractivity contribution in [3.8, 4) is 0 Å². The molecule has 1 rings (SSSR count). The van der Waals surface area contributed by atoms with Gasteiger partial charge in [-0.3, -0.25) is 0 Å². The van der Waals surface area contributed by atoms with Crippen LogP contribution in [0.25, 0.3) is 0 Å². The minimum atomic E-state index is -4.08. The van der Waals surface area contributed by atoms with Crippen molar-refractivity contribution in [2.24, 2.45) is 0 Å². The fourth-order valence-electron chi connectivity index (χ4n) is 1.43. The van der Waals surface area contributed by atoms with Gasteiger partial charge in [0.1, 0.15) is 0 Å². The first-order valence-electron chi connectivity index (χ1n) is 5.93. The van der Waals surface area contributed by atoms with E-state index in [9.17, 15) is 16.8 Å². The van der Waals surface area contributed by atoms with Crippen molar-refractivity contribution >= 4 is 45.3 Å². The standard InChI is InChI=1S/C12H17NO4S4/c1-10(18)12(19)8-9-20(14,15)13(2)21(16,17)11-6-4-3-5-7-11/h3-7,18-19H,8-9H2,1-2H3/b12-10-. The van der Waals surface area contributed by atoms with Crippen molar-refractivity contribution < 1.29 is 16.8 Å². The van der Waals surface area contributed by atoms with Crippen molar-refractivity contribution in [2.75, 3.05) is 12.8 Å². The number of allylic oxidation sites excluding steroid dienone is 2. The van der Waals surface area contributed by atoms with Crippen LogP contribution in [0.5, 0.6) is 0 Å². The number of hydrogen-bond acceptors (Lipinski definition) is 6. The zero-order valence-electron chi connectivity index (χ0n) is 11.6. The van der Waals surface area contributed by atoms with Crippen molar-refractivity contribution in [3.05, 3.63) is 40.1 Å². The number of benzene rings is 1. The van der Waals surface area contributed by atoms with Gasteiger partial charge in [0, 0.05) is 7.05 Å². The van der Waals surface area contributed by atoms with Crippen molar-refractivity contribution in [2.45, 2.75) is 18.2 Å². The Morgan fingerprint density at radius 1 is 1.10 bits per heavy atom. The number of thiol groups is 2. The van der Waals surface area contributed by atoms with Gasteiger partial charge in [-0.15, -0.1) is 25.3 Å². The maximum Gasteiger partial charge on any atom is 0.255 e. The van der Waals surface area contributed by atoms with Crippen LogP contribution >= 0.6 is 25.3 Å². The minimum Gasteiger partial charge on any atom is -0.211 e. The number of nitrogens with zero attached hydrogens (tertiary/aromatic N) is 1. The zero-order chi connectivity index (χ0) is 16.3. The Balaban J connectivity index is 3.02. The lowest BCUT2D eigenvalue weighted by Gasteiger charge is -2.17. The highest BCUT2D eigenvalue weighted by Gasteiger charge is 2.31. The molecule has 0 aromatic heterocycles. The average Bonchev–Trinajstić information content (AvgIpc) is 2.44. The van der Waals surface area contributed by atoms with E-state index in [1.54, 1.807) is 13.0 Å². The summed E-state index contributed by atoms with van der Waals surface area (Å²) < 4.78 is 49.2. The Hall–Kier alpha value is -0.480. The van der Waals surface area contributed by atoms with Crippen LogP contribution in [0.4, 0.5) is 0 Å². The van der Waals surface area contributed by atoms with Crippen LogP contribution in [0.2, 0.25) is 0 Å². The molecule has 1 aromatic rings. The summed E-state index contributed by atoms with van der Waals surface area (Å²) in [4.78, 5) is 1.04. The quantitative estimate of drug-likeness (QED) is 0.756. The Labute approximate surface area is 137 Å². The Morgan fingerprint density at radius 2 is 1.62 bits per heavy atom. The van der Waals surface area contributed by atoms with E-state index >= 15 is 0 Å². The average molecular weight is 368 g/mol. The predicted octanol–water partition coefficient (Wildman–Crippen LogP) is 2.12. The fourth-order valence-corrected chi connectivity index (χ4v) is 5.00. The normalized spacial score (nSPS) is 14.1. The van der Waals surface area contributed by atoms with Gasteiger partial charge in [0.25, 0.3) is 10.0 Å². The summed E-state index contributed by atoms with van der Waals surface area (Å²) in [5.74, 6) is -0.355. The van der Waals surface area contributed by atoms with Crippen LogP contribution in [0.3, 0.4) is 0 Å². The summed E-state index contributed by atoms with van der Waals surface area (Å²) in [7, 11) is -7.01. The van der Waals surface area contributed by atoms with E-state index in [1.807, 2.05) is 0 Å². The summed E-state index contributed by atoms with van der Waals surface area (Å²) in [6.07, 6.45) is 0.107. The van der Waals surface area contributed by atoms with Crippen LogP contribution < -0.4 is 0 Å². The van der Waals surface area contributed by atoms with Gasteiger partial charge in [0.2, 0.25) is 10.0 Å². The molecular formula is C12H17NO4S4. The highest BCUT2D eigenvalue weighted by molar-refractivity contribution is 8.04. The van der Waals surface area contributed by atoms with E-state index in [4.69, 9.17) is 0 Å². The van der Waals surface area contributed by atoms with Crippen LogP contribution in [-0.2, 0) is 20.0 Å². The summed E-state index contributed by atoms with van der Waals surface area (Å²) in [6.45, 7) is 1.68. The molecule has 0 unspecified atom stereocenters. The molecule has 0 saturated heterocycles. The van der Waals surface area contributed by atoms with Crippen molar-refractivity contribution in [1.29, 1.82) is 0 Å². The topological polar surface area (TPSA) is 71.5 Å². The maximum absolute atomic E-state index is 12.3. The molecule has 5 nitrogen and oxygen atoms in total. The van der Waals surface area contributed by atoms with Gasteiger partial charge in [-0.2, -0.15) is 0 Å². The van der Waals surface area contributed by atoms with E-state index in [-0.39, 0.29) is 17.1 Å². The largest absolute Gasteiger partial charge is 0.255 e. The van der Waals surface area contributed by atoms with Gasteiger partial charge >= 0.3 is 0 Å². The van der Waals surface area contributed by atoms with Gasteiger partial charge < -0.3 is 0 Å². The highest BCUT2D eigenvalue weighted by atomic mass is 32.3. The van der Waals surface area contributed by atoms with Crippen LogP contribution in [0.1, 0.15) is 13.3 Å². The number of rotatable bonds is 6. The molecule has 21 heavy (non-hydrogen) atoms. The van der Waals surface area contributed by atoms with E-state index in [2.05, 4.69) is 25.3 Å². The molecule has 0 spiro atoms. The molecule has 0 radical (unpaired) electrons. The summed E-state index contributed by atoms with van der Waals surface area (Å²) in [5, 5.41) is 0. The van der Waals surface area contributed by atoms with Gasteiger partial charge in [-0.1, -0.05) is 21.9 Å². The third kappa shape index (κ3) is 4.75. The predicted molar refractivity (Wildman–Crippen MR) is 90.5 cm³/mol. The Bertz CT molecular complexity index is 720. The second kappa shape index (κ2) is 7.19. The molecule has 0 heterocycles. The van der Waals surface area contributed by atoms with Crippen molar-refractivity contribution in [3.63, 3.8) is 0 Å². The molecule has 0 amide bonds.